The number of hydrogen-bond acceptors (Lipinski definition) is 3. The molecule has 1 aliphatic rings. The van der Waals surface area contributed by atoms with Crippen LogP contribution in [0.1, 0.15) is 15.9 Å². The summed E-state index contributed by atoms with van der Waals surface area (Å²) in [6.07, 6.45) is 0. The van der Waals surface area contributed by atoms with Crippen molar-refractivity contribution < 1.29 is 4.79 Å². The van der Waals surface area contributed by atoms with Gasteiger partial charge in [-0.2, -0.15) is 0 Å². The molecule has 0 saturated carbocycles. The zero-order valence-electron chi connectivity index (χ0n) is 19.3. The molecule has 35 heavy (non-hydrogen) atoms. The Morgan fingerprint density at radius 1 is 0.629 bits per heavy atom. The second-order valence-electron chi connectivity index (χ2n) is 9.15. The van der Waals surface area contributed by atoms with Crippen LogP contribution in [0.3, 0.4) is 0 Å². The molecule has 0 atom stereocenters. The van der Waals surface area contributed by atoms with Crippen molar-refractivity contribution in [3.63, 3.8) is 0 Å². The van der Waals surface area contributed by atoms with Gasteiger partial charge in [0, 0.05) is 58.6 Å². The maximum atomic E-state index is 13.8. The van der Waals surface area contributed by atoms with Gasteiger partial charge in [0.2, 0.25) is 0 Å². The average molecular weight is 456 g/mol. The number of hydrogen-bond donors (Lipinski definition) is 1. The number of para-hydroxylation sites is 1. The van der Waals surface area contributed by atoms with Crippen LogP contribution in [0.25, 0.3) is 43.8 Å². The Hall–Kier alpha value is -4.64. The van der Waals surface area contributed by atoms with E-state index in [1.165, 1.54) is 10.9 Å². The standard InChI is InChI=1S/C30H21N3O2/c1-32-24-10-6-5-8-19(24)21-15-17(11-13-25(21)32)31-23-12-14-26-28-22(16-27(34)33(26)2)18-7-3-4-9-20(18)30(35)29(23)28/h3-16,31H,1-2H3. The topological polar surface area (TPSA) is 56.0 Å². The Morgan fingerprint density at radius 2 is 1.34 bits per heavy atom. The number of carbonyl (C=O) groups is 1. The van der Waals surface area contributed by atoms with Crippen LogP contribution in [0.4, 0.5) is 11.4 Å². The lowest BCUT2D eigenvalue weighted by atomic mass is 9.83. The van der Waals surface area contributed by atoms with Crippen molar-refractivity contribution in [1.82, 2.24) is 9.13 Å². The molecule has 0 bridgehead atoms. The molecule has 7 rings (SSSR count). The Kier molecular flexibility index (Phi) is 3.92. The van der Waals surface area contributed by atoms with Crippen LogP contribution in [0.2, 0.25) is 0 Å². The SMILES string of the molecule is Cn1c(=O)cc2c3c(c(Nc4ccc5c(c4)c4ccccc4n5C)ccc31)C(=O)c1ccccc1-2. The molecule has 0 spiro atoms. The monoisotopic (exact) mass is 455 g/mol. The van der Waals surface area contributed by atoms with Gasteiger partial charge < -0.3 is 14.5 Å². The summed E-state index contributed by atoms with van der Waals surface area (Å²) in [6, 6.07) is 27.6. The van der Waals surface area contributed by atoms with Gasteiger partial charge in [0.1, 0.15) is 0 Å². The smallest absolute Gasteiger partial charge is 0.251 e. The summed E-state index contributed by atoms with van der Waals surface area (Å²) in [5.41, 5.74) is 7.46. The van der Waals surface area contributed by atoms with E-state index >= 15 is 0 Å². The van der Waals surface area contributed by atoms with Gasteiger partial charge in [0.15, 0.2) is 5.78 Å². The summed E-state index contributed by atoms with van der Waals surface area (Å²) in [4.78, 5) is 26.5. The number of aryl methyl sites for hydroxylation is 2. The highest BCUT2D eigenvalue weighted by Crippen LogP contribution is 2.42. The fourth-order valence-electron chi connectivity index (χ4n) is 5.56. The van der Waals surface area contributed by atoms with Crippen LogP contribution in [-0.4, -0.2) is 14.9 Å². The van der Waals surface area contributed by atoms with Gasteiger partial charge in [0.05, 0.1) is 16.8 Å². The first-order valence-corrected chi connectivity index (χ1v) is 11.6. The number of ketones is 1. The number of nitrogens with zero attached hydrogens (tertiary/aromatic N) is 2. The second-order valence-corrected chi connectivity index (χ2v) is 9.15. The maximum absolute atomic E-state index is 13.8. The van der Waals surface area contributed by atoms with E-state index in [0.29, 0.717) is 11.1 Å². The van der Waals surface area contributed by atoms with Gasteiger partial charge in [-0.1, -0.05) is 42.5 Å². The fourth-order valence-corrected chi connectivity index (χ4v) is 5.56. The summed E-state index contributed by atoms with van der Waals surface area (Å²) in [5, 5.41) is 6.68. The first-order valence-electron chi connectivity index (χ1n) is 11.6. The van der Waals surface area contributed by atoms with Crippen molar-refractivity contribution in [2.75, 3.05) is 5.32 Å². The molecular weight excluding hydrogens is 434 g/mol. The van der Waals surface area contributed by atoms with Crippen molar-refractivity contribution in [3.05, 3.63) is 106 Å². The van der Waals surface area contributed by atoms with Crippen molar-refractivity contribution >= 4 is 49.9 Å². The van der Waals surface area contributed by atoms with Crippen LogP contribution >= 0.6 is 0 Å². The van der Waals surface area contributed by atoms with Gasteiger partial charge in [-0.3, -0.25) is 9.59 Å². The van der Waals surface area contributed by atoms with E-state index in [2.05, 4.69) is 53.3 Å². The second kappa shape index (κ2) is 6.93. The average Bonchev–Trinajstić information content (AvgIpc) is 3.17. The third-order valence-corrected chi connectivity index (χ3v) is 7.29. The Labute approximate surface area is 200 Å². The Bertz CT molecular complexity index is 1940. The number of benzene rings is 4. The molecule has 6 aromatic rings. The van der Waals surface area contributed by atoms with Crippen molar-refractivity contribution in [2.24, 2.45) is 14.1 Å². The molecule has 0 saturated heterocycles. The lowest BCUT2D eigenvalue weighted by Crippen LogP contribution is -2.21. The van der Waals surface area contributed by atoms with Crippen molar-refractivity contribution in [1.29, 1.82) is 0 Å². The molecule has 0 aliphatic heterocycles. The van der Waals surface area contributed by atoms with Crippen molar-refractivity contribution in [2.45, 2.75) is 0 Å². The largest absolute Gasteiger partial charge is 0.355 e. The summed E-state index contributed by atoms with van der Waals surface area (Å²) < 4.78 is 3.80. The fraction of sp³-hybridized carbons (Fsp3) is 0.0667. The molecule has 2 aromatic heterocycles. The molecule has 1 N–H and O–H groups in total. The number of nitrogens with one attached hydrogen (secondary N) is 1. The Balaban J connectivity index is 1.47. The highest BCUT2D eigenvalue weighted by Gasteiger charge is 2.29. The normalized spacial score (nSPS) is 12.5. The van der Waals surface area contributed by atoms with Crippen LogP contribution in [0.5, 0.6) is 0 Å². The zero-order valence-corrected chi connectivity index (χ0v) is 19.3. The van der Waals surface area contributed by atoms with Gasteiger partial charge in [0.25, 0.3) is 5.56 Å². The van der Waals surface area contributed by atoms with E-state index in [0.717, 1.165) is 44.3 Å². The van der Waals surface area contributed by atoms with Crippen LogP contribution in [0, 0.1) is 0 Å². The number of anilines is 2. The molecule has 0 radical (unpaired) electrons. The highest BCUT2D eigenvalue weighted by molar-refractivity contribution is 6.28. The first kappa shape index (κ1) is 19.8. The summed E-state index contributed by atoms with van der Waals surface area (Å²) in [5.74, 6) is -0.0360. The van der Waals surface area contributed by atoms with Crippen molar-refractivity contribution in [3.8, 4) is 11.1 Å². The number of carbonyl (C=O) groups excluding carboxylic acids is 1. The zero-order chi connectivity index (χ0) is 23.8. The van der Waals surface area contributed by atoms with Crippen LogP contribution in [-0.2, 0) is 14.1 Å². The minimum atomic E-state index is -0.0929. The molecule has 168 valence electrons. The molecule has 5 heteroatoms. The predicted molar refractivity (Wildman–Crippen MR) is 142 cm³/mol. The van der Waals surface area contributed by atoms with Gasteiger partial charge in [-0.25, -0.2) is 0 Å². The van der Waals surface area contributed by atoms with Gasteiger partial charge in [-0.05, 0) is 47.5 Å². The van der Waals surface area contributed by atoms with Crippen LogP contribution in [0.15, 0.2) is 89.7 Å². The summed E-state index contributed by atoms with van der Waals surface area (Å²) in [7, 11) is 3.82. The van der Waals surface area contributed by atoms with E-state index in [9.17, 15) is 9.59 Å². The molecule has 0 amide bonds. The van der Waals surface area contributed by atoms with E-state index in [4.69, 9.17) is 0 Å². The highest BCUT2D eigenvalue weighted by atomic mass is 16.1. The van der Waals surface area contributed by atoms with E-state index in [-0.39, 0.29) is 11.3 Å². The Morgan fingerprint density at radius 3 is 2.20 bits per heavy atom. The number of fused-ring (bicyclic) bond motifs is 5. The van der Waals surface area contributed by atoms with Gasteiger partial charge >= 0.3 is 0 Å². The number of aromatic nitrogens is 2. The van der Waals surface area contributed by atoms with E-state index in [1.54, 1.807) is 17.7 Å². The number of pyridine rings is 1. The van der Waals surface area contributed by atoms with E-state index < -0.39 is 0 Å². The van der Waals surface area contributed by atoms with Gasteiger partial charge in [-0.15, -0.1) is 0 Å². The summed E-state index contributed by atoms with van der Waals surface area (Å²) in [6.45, 7) is 0. The minimum absolute atomic E-state index is 0.0360. The maximum Gasteiger partial charge on any atom is 0.251 e. The quantitative estimate of drug-likeness (QED) is 0.341. The lowest BCUT2D eigenvalue weighted by molar-refractivity contribution is 0.104. The third kappa shape index (κ3) is 2.63. The van der Waals surface area contributed by atoms with Crippen LogP contribution < -0.4 is 10.9 Å². The lowest BCUT2D eigenvalue weighted by Gasteiger charge is -2.23. The molecule has 5 nitrogen and oxygen atoms in total. The summed E-state index contributed by atoms with van der Waals surface area (Å²) >= 11 is 0. The minimum Gasteiger partial charge on any atom is -0.355 e. The molecule has 0 fully saturated rings. The predicted octanol–water partition coefficient (Wildman–Crippen LogP) is 6.14. The molecule has 1 aliphatic carbocycles. The first-order chi connectivity index (χ1) is 17.0. The van der Waals surface area contributed by atoms with E-state index in [1.807, 2.05) is 42.5 Å². The molecule has 4 aromatic carbocycles. The molecule has 2 heterocycles. The molecular formula is C30H21N3O2. The molecule has 0 unspecified atom stereocenters. The third-order valence-electron chi connectivity index (χ3n) is 7.29. The number of rotatable bonds is 2.